The van der Waals surface area contributed by atoms with E-state index in [1.807, 2.05) is 0 Å². The van der Waals surface area contributed by atoms with E-state index in [2.05, 4.69) is 6.58 Å². The molecule has 2 aromatic rings. The van der Waals surface area contributed by atoms with Crippen molar-refractivity contribution >= 4 is 29.7 Å². The van der Waals surface area contributed by atoms with Crippen LogP contribution in [0.1, 0.15) is 30.0 Å². The number of methoxy groups -OCH3 is 1. The maximum Gasteiger partial charge on any atom is 0.333 e. The zero-order valence-corrected chi connectivity index (χ0v) is 20.7. The highest BCUT2D eigenvalue weighted by molar-refractivity contribution is 6.10. The normalized spacial score (nSPS) is 11.9. The van der Waals surface area contributed by atoms with E-state index in [9.17, 15) is 29.7 Å². The Kier molecular flexibility index (Phi) is 11.3. The van der Waals surface area contributed by atoms with Gasteiger partial charge in [-0.3, -0.25) is 9.59 Å². The van der Waals surface area contributed by atoms with Crippen LogP contribution in [0.4, 0.5) is 0 Å². The average Bonchev–Trinajstić information content (AvgIpc) is 2.88. The lowest BCUT2D eigenvalue weighted by Crippen LogP contribution is -2.25. The van der Waals surface area contributed by atoms with Crippen molar-refractivity contribution in [1.82, 2.24) is 0 Å². The fourth-order valence-electron chi connectivity index (χ4n) is 2.96. The van der Waals surface area contributed by atoms with Gasteiger partial charge in [-0.25, -0.2) is 4.79 Å². The Labute approximate surface area is 214 Å². The quantitative estimate of drug-likeness (QED) is 0.199. The molecule has 0 saturated carbocycles. The Balaban J connectivity index is 1.90. The van der Waals surface area contributed by atoms with Crippen LogP contribution in [-0.4, -0.2) is 59.3 Å². The van der Waals surface area contributed by atoms with Gasteiger partial charge in [0.05, 0.1) is 20.1 Å². The Hall–Kier alpha value is -4.21. The predicted octanol–water partition coefficient (Wildman–Crippen LogP) is 3.01. The molecule has 0 fully saturated rings. The van der Waals surface area contributed by atoms with Crippen LogP contribution in [0.3, 0.4) is 0 Å². The number of benzene rings is 2. The van der Waals surface area contributed by atoms with E-state index >= 15 is 0 Å². The van der Waals surface area contributed by atoms with Crippen molar-refractivity contribution < 1.29 is 43.9 Å². The van der Waals surface area contributed by atoms with Crippen molar-refractivity contribution in [3.8, 4) is 17.2 Å². The molecule has 0 radical (unpaired) electrons. The first kappa shape index (κ1) is 29.0. The van der Waals surface area contributed by atoms with Crippen LogP contribution in [0, 0.1) is 0 Å². The fourth-order valence-corrected chi connectivity index (χ4v) is 2.96. The molecule has 3 N–H and O–H groups in total. The lowest BCUT2D eigenvalue weighted by molar-refractivity contribution is -0.142. The molecule has 1 unspecified atom stereocenters. The van der Waals surface area contributed by atoms with E-state index < -0.39 is 23.6 Å². The highest BCUT2D eigenvalue weighted by Crippen LogP contribution is 2.26. The molecule has 0 spiro atoms. The molecule has 37 heavy (non-hydrogen) atoms. The van der Waals surface area contributed by atoms with Crippen molar-refractivity contribution in [2.45, 2.75) is 26.1 Å². The van der Waals surface area contributed by atoms with Crippen molar-refractivity contribution in [3.05, 3.63) is 77.4 Å². The summed E-state index contributed by atoms with van der Waals surface area (Å²) in [7, 11) is 1.42. The van der Waals surface area contributed by atoms with Gasteiger partial charge in [-0.05, 0) is 54.5 Å². The minimum absolute atomic E-state index is 0.0190. The van der Waals surface area contributed by atoms with E-state index in [4.69, 9.17) is 14.2 Å². The zero-order valence-electron chi connectivity index (χ0n) is 20.7. The topological polar surface area (TPSA) is 140 Å². The van der Waals surface area contributed by atoms with E-state index in [0.29, 0.717) is 22.4 Å². The monoisotopic (exact) mass is 510 g/mol. The summed E-state index contributed by atoms with van der Waals surface area (Å²) in [6.07, 6.45) is 4.18. The molecule has 0 aliphatic rings. The smallest absolute Gasteiger partial charge is 0.333 e. The van der Waals surface area contributed by atoms with Crippen molar-refractivity contribution in [1.29, 1.82) is 0 Å². The third-order valence-corrected chi connectivity index (χ3v) is 4.92. The van der Waals surface area contributed by atoms with Gasteiger partial charge in [-0.1, -0.05) is 30.9 Å². The number of hydrogen-bond acceptors (Lipinski definition) is 9. The summed E-state index contributed by atoms with van der Waals surface area (Å²) in [5.74, 6) is -0.842. The summed E-state index contributed by atoms with van der Waals surface area (Å²) >= 11 is 0. The van der Waals surface area contributed by atoms with Gasteiger partial charge in [0.1, 0.15) is 25.1 Å². The third-order valence-electron chi connectivity index (χ3n) is 4.92. The van der Waals surface area contributed by atoms with Crippen LogP contribution in [0.25, 0.3) is 12.2 Å². The summed E-state index contributed by atoms with van der Waals surface area (Å²) in [5.41, 5.74) is 1.86. The molecule has 9 heteroatoms. The first-order valence-electron chi connectivity index (χ1n) is 11.3. The van der Waals surface area contributed by atoms with Gasteiger partial charge in [0.2, 0.25) is 0 Å². The van der Waals surface area contributed by atoms with Crippen LogP contribution < -0.4 is 9.47 Å². The Morgan fingerprint density at radius 3 is 2.19 bits per heavy atom. The number of phenols is 1. The summed E-state index contributed by atoms with van der Waals surface area (Å²) < 4.78 is 15.4. The first-order valence-corrected chi connectivity index (χ1v) is 11.3. The molecule has 0 aromatic heterocycles. The number of ether oxygens (including phenoxy) is 3. The van der Waals surface area contributed by atoms with Crippen molar-refractivity contribution in [2.24, 2.45) is 0 Å². The Bertz CT molecular complexity index is 1190. The number of hydrogen-bond donors (Lipinski definition) is 3. The third kappa shape index (κ3) is 9.75. The minimum atomic E-state index is -1.07. The average molecular weight is 511 g/mol. The van der Waals surface area contributed by atoms with Gasteiger partial charge in [0.25, 0.3) is 0 Å². The molecule has 0 amide bonds. The number of rotatable bonds is 14. The molecule has 0 bridgehead atoms. The van der Waals surface area contributed by atoms with Gasteiger partial charge < -0.3 is 29.5 Å². The van der Waals surface area contributed by atoms with Gasteiger partial charge in [-0.2, -0.15) is 0 Å². The van der Waals surface area contributed by atoms with Crippen LogP contribution in [0.15, 0.2) is 60.7 Å². The van der Waals surface area contributed by atoms with Crippen LogP contribution >= 0.6 is 0 Å². The molecule has 0 aliphatic carbocycles. The Morgan fingerprint density at radius 2 is 1.59 bits per heavy atom. The van der Waals surface area contributed by atoms with Crippen molar-refractivity contribution in [2.75, 3.05) is 20.3 Å². The summed E-state index contributed by atoms with van der Waals surface area (Å²) in [5, 5.41) is 29.2. The molecular weight excluding hydrogens is 480 g/mol. The van der Waals surface area contributed by atoms with E-state index in [1.54, 1.807) is 30.3 Å². The second-order valence-electron chi connectivity index (χ2n) is 8.08. The number of allylic oxidation sites excluding steroid dienone is 2. The van der Waals surface area contributed by atoms with Crippen molar-refractivity contribution in [3.63, 3.8) is 0 Å². The fraction of sp³-hybridized carbons (Fsp3) is 0.250. The lowest BCUT2D eigenvalue weighted by Gasteiger charge is -2.15. The number of esters is 1. The highest BCUT2D eigenvalue weighted by Gasteiger charge is 2.12. The molecule has 1 atom stereocenters. The number of aliphatic hydroxyl groups excluding tert-OH is 2. The molecule has 2 rings (SSSR count). The second-order valence-corrected chi connectivity index (χ2v) is 8.08. The highest BCUT2D eigenvalue weighted by atomic mass is 16.5. The van der Waals surface area contributed by atoms with Crippen LogP contribution in [0.5, 0.6) is 17.2 Å². The zero-order chi connectivity index (χ0) is 27.4. The summed E-state index contributed by atoms with van der Waals surface area (Å²) in [4.78, 5) is 35.7. The first-order chi connectivity index (χ1) is 17.6. The molecule has 0 heterocycles. The lowest BCUT2D eigenvalue weighted by atomic mass is 10.1. The van der Waals surface area contributed by atoms with E-state index in [0.717, 1.165) is 0 Å². The van der Waals surface area contributed by atoms with E-state index in [1.165, 1.54) is 44.4 Å². The summed E-state index contributed by atoms with van der Waals surface area (Å²) in [6.45, 7) is 4.16. The summed E-state index contributed by atoms with van der Waals surface area (Å²) in [6, 6.07) is 9.43. The van der Waals surface area contributed by atoms with E-state index in [-0.39, 0.29) is 43.3 Å². The van der Waals surface area contributed by atoms with Gasteiger partial charge in [0, 0.05) is 11.1 Å². The number of aliphatic hydroxyl groups is 2. The maximum absolute atomic E-state index is 12.2. The standard InChI is InChI=1S/C28H30O9/c1-18(2)28(34)37-17-24(32)16-36-26-11-7-19(12-21(26)15-29)4-8-22(30)14-23(31)9-5-20-6-10-25(33)27(13-20)35-3/h4-13,24,29,32-33H,1,14-17H2,2-3H3/b8-4+,9-5+. The molecule has 9 nitrogen and oxygen atoms in total. The minimum Gasteiger partial charge on any atom is -0.504 e. The predicted molar refractivity (Wildman–Crippen MR) is 137 cm³/mol. The van der Waals surface area contributed by atoms with Gasteiger partial charge in [-0.15, -0.1) is 0 Å². The largest absolute Gasteiger partial charge is 0.504 e. The number of ketones is 2. The molecular formula is C28H30O9. The number of phenolic OH excluding ortho intramolecular Hbond substituents is 1. The number of carbonyl (C=O) groups excluding carboxylic acids is 3. The van der Waals surface area contributed by atoms with Gasteiger partial charge in [0.15, 0.2) is 23.1 Å². The van der Waals surface area contributed by atoms with Gasteiger partial charge >= 0.3 is 5.97 Å². The van der Waals surface area contributed by atoms with Crippen LogP contribution in [0.2, 0.25) is 0 Å². The Morgan fingerprint density at radius 1 is 0.973 bits per heavy atom. The molecule has 196 valence electrons. The molecule has 0 saturated heterocycles. The number of carbonyl (C=O) groups is 3. The SMILES string of the molecule is C=C(C)C(=O)OCC(O)COc1ccc(/C=C/C(=O)CC(=O)/C=C/c2ccc(O)c(OC)c2)cc1CO. The molecule has 0 aliphatic heterocycles. The number of aromatic hydroxyl groups is 1. The molecule has 2 aromatic carbocycles. The maximum atomic E-state index is 12.2. The second kappa shape index (κ2) is 14.4. The van der Waals surface area contributed by atoms with Crippen LogP contribution in [-0.2, 0) is 25.7 Å².